The highest BCUT2D eigenvalue weighted by molar-refractivity contribution is 6.06. The van der Waals surface area contributed by atoms with Gasteiger partial charge in [0.15, 0.2) is 0 Å². The van der Waals surface area contributed by atoms with Gasteiger partial charge >= 0.3 is 18.4 Å². The van der Waals surface area contributed by atoms with Crippen LogP contribution in [-0.4, -0.2) is 101 Å². The molecule has 13 nitrogen and oxygen atoms in total. The first kappa shape index (κ1) is 42.1. The number of aromatic amines is 1. The second-order valence-corrected chi connectivity index (χ2v) is 17.8. The maximum Gasteiger partial charge on any atom is 0.410 e. The number of benzene rings is 3. The van der Waals surface area contributed by atoms with E-state index in [4.69, 9.17) is 19.2 Å². The number of ether oxygens (including phenoxy) is 4. The quantitative estimate of drug-likeness (QED) is 0.180. The molecule has 4 aromatic rings. The Hall–Kier alpha value is -5.64. The summed E-state index contributed by atoms with van der Waals surface area (Å²) >= 11 is 0. The summed E-state index contributed by atoms with van der Waals surface area (Å²) in [4.78, 5) is 54.9. The fraction of sp³-hybridized carbons (Fsp3) is 0.489. The van der Waals surface area contributed by atoms with Crippen molar-refractivity contribution in [1.29, 1.82) is 0 Å². The Morgan fingerprint density at radius 2 is 1.77 bits per heavy atom. The standard InChI is InChI=1S/C45H51F3N6O7/c1-23(2)39(52-42(56)59-7)41(55)53-20-28(45(46,47)48)15-37(53)40-49-18-35(51-40)26-8-10-29-27(13-26)22-60-38-17-30-25(14-32(29)38)9-11-33-31(30)16-34(50-33)36-12-24(21-58-6)19-54(36)43(57)61-44(3,4)5/h8-11,13-14,17-18,23-24,28,36-37,39H,12,15-16,19-22H2,1-7H3,(H,49,51)(H,52,56)/t24-,28-,36-,37-,39-/m0/s1. The maximum atomic E-state index is 14.1. The topological polar surface area (TPSA) is 148 Å². The lowest BCUT2D eigenvalue weighted by Gasteiger charge is -2.30. The smallest absolute Gasteiger partial charge is 0.410 e. The van der Waals surface area contributed by atoms with Crippen LogP contribution >= 0.6 is 0 Å². The molecule has 4 aliphatic heterocycles. The number of nitrogens with one attached hydrogen (secondary N) is 2. The summed E-state index contributed by atoms with van der Waals surface area (Å²) in [5.74, 6) is -1.68. The number of rotatable bonds is 8. The van der Waals surface area contributed by atoms with E-state index in [9.17, 15) is 27.6 Å². The van der Waals surface area contributed by atoms with Crippen LogP contribution in [0, 0.1) is 17.8 Å². The van der Waals surface area contributed by atoms with Crippen LogP contribution in [0.5, 0.6) is 5.75 Å². The number of hydrogen-bond acceptors (Lipinski definition) is 9. The van der Waals surface area contributed by atoms with Crippen molar-refractivity contribution >= 4 is 40.3 Å². The van der Waals surface area contributed by atoms with E-state index in [2.05, 4.69) is 38.2 Å². The molecule has 61 heavy (non-hydrogen) atoms. The Morgan fingerprint density at radius 1 is 0.984 bits per heavy atom. The lowest BCUT2D eigenvalue weighted by atomic mass is 9.90. The number of carbonyl (C=O) groups excluding carboxylic acids is 3. The fourth-order valence-corrected chi connectivity index (χ4v) is 9.11. The molecule has 5 atom stereocenters. The highest BCUT2D eigenvalue weighted by Gasteiger charge is 2.51. The van der Waals surface area contributed by atoms with Crippen LogP contribution < -0.4 is 10.1 Å². The molecule has 324 valence electrons. The third kappa shape index (κ3) is 8.26. The highest BCUT2D eigenvalue weighted by atomic mass is 19.4. The molecule has 5 heterocycles. The van der Waals surface area contributed by atoms with Gasteiger partial charge in [-0.2, -0.15) is 13.2 Å². The summed E-state index contributed by atoms with van der Waals surface area (Å²) in [5.41, 5.74) is 6.42. The largest absolute Gasteiger partial charge is 0.488 e. The van der Waals surface area contributed by atoms with E-state index in [1.165, 1.54) is 0 Å². The Bertz CT molecular complexity index is 2410. The minimum atomic E-state index is -4.53. The van der Waals surface area contributed by atoms with Crippen molar-refractivity contribution in [3.8, 4) is 28.1 Å². The minimum absolute atomic E-state index is 0.169. The molecule has 0 bridgehead atoms. The fourth-order valence-electron chi connectivity index (χ4n) is 9.11. The van der Waals surface area contributed by atoms with Crippen LogP contribution in [0.2, 0.25) is 0 Å². The van der Waals surface area contributed by atoms with Gasteiger partial charge in [-0.1, -0.05) is 32.0 Å². The Kier molecular flexibility index (Phi) is 11.0. The van der Waals surface area contributed by atoms with Gasteiger partial charge in [-0.15, -0.1) is 0 Å². The zero-order valence-electron chi connectivity index (χ0n) is 35.3. The van der Waals surface area contributed by atoms with Crippen LogP contribution in [0.4, 0.5) is 28.4 Å². The third-order valence-corrected chi connectivity index (χ3v) is 12.1. The zero-order valence-corrected chi connectivity index (χ0v) is 35.3. The number of methoxy groups -OCH3 is 2. The molecule has 2 saturated heterocycles. The minimum Gasteiger partial charge on any atom is -0.488 e. The summed E-state index contributed by atoms with van der Waals surface area (Å²) in [7, 11) is 2.83. The number of alkyl halides is 3. The van der Waals surface area contributed by atoms with E-state index in [0.29, 0.717) is 25.3 Å². The lowest BCUT2D eigenvalue weighted by Crippen LogP contribution is -2.51. The molecule has 2 fully saturated rings. The van der Waals surface area contributed by atoms with Gasteiger partial charge in [0.05, 0.1) is 49.3 Å². The third-order valence-electron chi connectivity index (χ3n) is 12.1. The summed E-state index contributed by atoms with van der Waals surface area (Å²) in [6.45, 7) is 9.80. The number of nitrogens with zero attached hydrogens (tertiary/aromatic N) is 4. The van der Waals surface area contributed by atoms with Crippen LogP contribution in [-0.2, 0) is 32.0 Å². The monoisotopic (exact) mass is 844 g/mol. The van der Waals surface area contributed by atoms with Crippen molar-refractivity contribution in [1.82, 2.24) is 25.1 Å². The number of halogens is 3. The number of amides is 3. The molecule has 3 aromatic carbocycles. The van der Waals surface area contributed by atoms with Gasteiger partial charge in [-0.25, -0.2) is 14.6 Å². The normalized spacial score (nSPS) is 21.5. The van der Waals surface area contributed by atoms with Crippen molar-refractivity contribution in [3.63, 3.8) is 0 Å². The number of aliphatic imine (C=N–C) groups is 1. The first-order valence-corrected chi connectivity index (χ1v) is 20.6. The molecular formula is C45H51F3N6O7. The molecule has 0 saturated carbocycles. The first-order chi connectivity index (χ1) is 28.9. The van der Waals surface area contributed by atoms with Gasteiger partial charge in [0.1, 0.15) is 29.8 Å². The van der Waals surface area contributed by atoms with Crippen LogP contribution in [0.15, 0.2) is 53.7 Å². The van der Waals surface area contributed by atoms with E-state index in [0.717, 1.165) is 74.2 Å². The average Bonchev–Trinajstić information content (AvgIpc) is 4.03. The Balaban J connectivity index is 1.03. The number of alkyl carbamates (subject to hydrolysis) is 1. The van der Waals surface area contributed by atoms with Crippen LogP contribution in [0.25, 0.3) is 33.2 Å². The van der Waals surface area contributed by atoms with Gasteiger partial charge in [0.25, 0.3) is 0 Å². The second kappa shape index (κ2) is 16.0. The Labute approximate surface area is 352 Å². The number of fused-ring (bicyclic) bond motifs is 6. The number of H-pyrrole nitrogens is 1. The van der Waals surface area contributed by atoms with Gasteiger partial charge in [-0.3, -0.25) is 14.7 Å². The van der Waals surface area contributed by atoms with Crippen molar-refractivity contribution in [3.05, 3.63) is 65.6 Å². The molecular weight excluding hydrogens is 794 g/mol. The van der Waals surface area contributed by atoms with Gasteiger partial charge in [-0.05, 0) is 96.8 Å². The van der Waals surface area contributed by atoms with Crippen molar-refractivity contribution in [2.75, 3.05) is 33.9 Å². The van der Waals surface area contributed by atoms with E-state index >= 15 is 0 Å². The number of likely N-dealkylation sites (tertiary alicyclic amines) is 2. The van der Waals surface area contributed by atoms with Crippen molar-refractivity contribution in [2.24, 2.45) is 22.7 Å². The molecule has 3 amide bonds. The molecule has 4 aliphatic rings. The average molecular weight is 845 g/mol. The summed E-state index contributed by atoms with van der Waals surface area (Å²) < 4.78 is 64.6. The second-order valence-electron chi connectivity index (χ2n) is 17.8. The maximum absolute atomic E-state index is 14.1. The summed E-state index contributed by atoms with van der Waals surface area (Å²) in [5, 5.41) is 4.54. The van der Waals surface area contributed by atoms with Crippen LogP contribution in [0.1, 0.15) is 70.5 Å². The van der Waals surface area contributed by atoms with Crippen molar-refractivity contribution in [2.45, 2.75) is 90.4 Å². The number of carbonyl (C=O) groups is 3. The predicted molar refractivity (Wildman–Crippen MR) is 222 cm³/mol. The molecule has 2 N–H and O–H groups in total. The molecule has 0 radical (unpaired) electrons. The molecule has 0 aliphatic carbocycles. The van der Waals surface area contributed by atoms with Gasteiger partial charge in [0, 0.05) is 43.8 Å². The highest BCUT2D eigenvalue weighted by Crippen LogP contribution is 2.46. The predicted octanol–water partition coefficient (Wildman–Crippen LogP) is 8.52. The van der Waals surface area contributed by atoms with E-state index in [-0.39, 0.29) is 36.9 Å². The summed E-state index contributed by atoms with van der Waals surface area (Å²) in [6, 6.07) is 11.9. The molecule has 0 unspecified atom stereocenters. The van der Waals surface area contributed by atoms with E-state index in [1.807, 2.05) is 45.0 Å². The zero-order chi connectivity index (χ0) is 43.5. The first-order valence-electron chi connectivity index (χ1n) is 20.6. The molecule has 16 heteroatoms. The number of hydrogen-bond donors (Lipinski definition) is 2. The van der Waals surface area contributed by atoms with Crippen molar-refractivity contribution < 1.29 is 46.5 Å². The number of aromatic nitrogens is 2. The number of imidazole rings is 1. The van der Waals surface area contributed by atoms with E-state index in [1.54, 1.807) is 32.1 Å². The van der Waals surface area contributed by atoms with Gasteiger partial charge in [0.2, 0.25) is 5.91 Å². The molecule has 8 rings (SSSR count). The summed E-state index contributed by atoms with van der Waals surface area (Å²) in [6.07, 6.45) is -3.21. The van der Waals surface area contributed by atoms with E-state index < -0.39 is 54.2 Å². The molecule has 0 spiro atoms. The van der Waals surface area contributed by atoms with Gasteiger partial charge < -0.3 is 34.1 Å². The molecule has 1 aromatic heterocycles. The Morgan fingerprint density at radius 3 is 2.48 bits per heavy atom. The van der Waals surface area contributed by atoms with Crippen LogP contribution in [0.3, 0.4) is 0 Å². The lowest BCUT2D eigenvalue weighted by molar-refractivity contribution is -0.171. The SMILES string of the molecule is COC[C@H]1C[C@@H](C2=Nc3ccc4cc5c(cc4c3C2)OCc2cc(-c3cnc([C@@H]4C[C@H](C(F)(F)F)CN4C(=O)[C@@H](NC(=O)OC)C(C)C)[nH]3)ccc2-5)N(C(=O)OC(C)(C)C)C1.